The van der Waals surface area contributed by atoms with E-state index in [-0.39, 0.29) is 17.1 Å². The molecule has 2 aliphatic rings. The molecule has 1 saturated carbocycles. The van der Waals surface area contributed by atoms with Gasteiger partial charge in [-0.3, -0.25) is 9.36 Å². The molecule has 0 unspecified atom stereocenters. The van der Waals surface area contributed by atoms with Gasteiger partial charge >= 0.3 is 5.69 Å². The van der Waals surface area contributed by atoms with Crippen molar-refractivity contribution < 1.29 is 13.2 Å². The van der Waals surface area contributed by atoms with Crippen molar-refractivity contribution >= 4 is 27.3 Å². The van der Waals surface area contributed by atoms with E-state index in [9.17, 15) is 18.0 Å². The number of fused-ring (bicyclic) bond motifs is 1. The molecule has 1 amide bonds. The molecule has 1 aromatic carbocycles. The molecule has 1 N–H and O–H groups in total. The molecule has 168 valence electrons. The van der Waals surface area contributed by atoms with Gasteiger partial charge in [-0.15, -0.1) is 0 Å². The van der Waals surface area contributed by atoms with E-state index in [0.717, 1.165) is 25.1 Å². The molecule has 31 heavy (non-hydrogen) atoms. The third kappa shape index (κ3) is 4.05. The second-order valence-electron chi connectivity index (χ2n) is 8.30. The maximum atomic E-state index is 13.4. The maximum absolute atomic E-state index is 13.4. The number of nitrogens with zero attached hydrogens (tertiary/aromatic N) is 3. The molecule has 2 aromatic rings. The second kappa shape index (κ2) is 8.78. The number of aromatic nitrogens is 3. The van der Waals surface area contributed by atoms with Crippen molar-refractivity contribution in [2.24, 2.45) is 0 Å². The summed E-state index contributed by atoms with van der Waals surface area (Å²) in [5, 5.41) is 7.65. The normalized spacial score (nSPS) is 18.0. The van der Waals surface area contributed by atoms with Crippen molar-refractivity contribution in [3.8, 4) is 0 Å². The van der Waals surface area contributed by atoms with E-state index < -0.39 is 20.5 Å². The molecule has 1 fully saturated rings. The molecule has 0 saturated heterocycles. The van der Waals surface area contributed by atoms with E-state index in [1.54, 1.807) is 4.57 Å². The second-order valence-corrected chi connectivity index (χ2v) is 11.0. The summed E-state index contributed by atoms with van der Waals surface area (Å²) in [4.78, 5) is 25.6. The number of halogens is 1. The monoisotopic (exact) mass is 466 g/mol. The van der Waals surface area contributed by atoms with Crippen LogP contribution in [0.4, 0.5) is 0 Å². The van der Waals surface area contributed by atoms with Gasteiger partial charge in [0.25, 0.3) is 0 Å². The maximum Gasteiger partial charge on any atom is 0.345 e. The van der Waals surface area contributed by atoms with Crippen LogP contribution in [0.3, 0.4) is 0 Å². The zero-order valence-electron chi connectivity index (χ0n) is 17.3. The van der Waals surface area contributed by atoms with Gasteiger partial charge in [0.2, 0.25) is 5.91 Å². The number of benzene rings is 1. The lowest BCUT2D eigenvalue weighted by atomic mass is 10.1. The largest absolute Gasteiger partial charge is 0.355 e. The minimum Gasteiger partial charge on any atom is -0.355 e. The highest BCUT2D eigenvalue weighted by molar-refractivity contribution is 7.93. The Morgan fingerprint density at radius 3 is 2.52 bits per heavy atom. The van der Waals surface area contributed by atoms with Gasteiger partial charge in [-0.1, -0.05) is 24.4 Å². The lowest BCUT2D eigenvalue weighted by Crippen LogP contribution is -2.50. The third-order valence-corrected chi connectivity index (χ3v) is 9.09. The fourth-order valence-electron chi connectivity index (χ4n) is 4.59. The Morgan fingerprint density at radius 2 is 1.84 bits per heavy atom. The molecule has 0 bridgehead atoms. The predicted octanol–water partition coefficient (Wildman–Crippen LogP) is 2.33. The summed E-state index contributed by atoms with van der Waals surface area (Å²) in [5.41, 5.74) is -0.112. The van der Waals surface area contributed by atoms with Gasteiger partial charge in [-0.2, -0.15) is 5.10 Å². The van der Waals surface area contributed by atoms with Crippen LogP contribution in [0.2, 0.25) is 5.02 Å². The van der Waals surface area contributed by atoms with Crippen molar-refractivity contribution in [3.05, 3.63) is 45.6 Å². The van der Waals surface area contributed by atoms with Gasteiger partial charge in [0.15, 0.2) is 14.6 Å². The average molecular weight is 467 g/mol. The van der Waals surface area contributed by atoms with Crippen LogP contribution in [0.15, 0.2) is 34.0 Å². The van der Waals surface area contributed by atoms with Crippen molar-refractivity contribution in [2.75, 3.05) is 6.54 Å². The third-order valence-electron chi connectivity index (χ3n) is 6.33. The summed E-state index contributed by atoms with van der Waals surface area (Å²) in [7, 11) is -3.86. The first kappa shape index (κ1) is 22.1. The summed E-state index contributed by atoms with van der Waals surface area (Å²) in [6.45, 7) is 1.37. The first-order valence-electron chi connectivity index (χ1n) is 10.8. The number of aryl methyl sites for hydroxylation is 2. The Hall–Kier alpha value is -2.13. The minimum atomic E-state index is -3.86. The number of carbonyl (C=O) groups is 1. The van der Waals surface area contributed by atoms with Crippen LogP contribution < -0.4 is 11.0 Å². The van der Waals surface area contributed by atoms with Crippen molar-refractivity contribution in [1.29, 1.82) is 0 Å². The fourth-order valence-corrected chi connectivity index (χ4v) is 6.80. The molecule has 10 heteroatoms. The van der Waals surface area contributed by atoms with Gasteiger partial charge in [0.1, 0.15) is 5.82 Å². The predicted molar refractivity (Wildman–Crippen MR) is 117 cm³/mol. The number of nitrogens with one attached hydrogen (secondary N) is 1. The first-order valence-corrected chi connectivity index (χ1v) is 12.7. The smallest absolute Gasteiger partial charge is 0.345 e. The standard InChI is InChI=1S/C21H27ClN4O4S/c22-16-7-9-17(10-8-16)31(29,30)21(11-2-3-12-21)19(27)23-13-5-15-26-20(28)25-14-4-1-6-18(25)24-26/h7-10H,1-6,11-15H2,(H,23,27). The van der Waals surface area contributed by atoms with E-state index in [1.165, 1.54) is 28.9 Å². The van der Waals surface area contributed by atoms with E-state index >= 15 is 0 Å². The Bertz CT molecular complexity index is 1120. The van der Waals surface area contributed by atoms with E-state index in [1.807, 2.05) is 0 Å². The Labute approximate surface area is 186 Å². The van der Waals surface area contributed by atoms with E-state index in [4.69, 9.17) is 11.6 Å². The zero-order chi connectivity index (χ0) is 22.1. The molecule has 1 aliphatic carbocycles. The number of carbonyl (C=O) groups excluding carboxylic acids is 1. The van der Waals surface area contributed by atoms with E-state index in [2.05, 4.69) is 10.4 Å². The fraction of sp³-hybridized carbons (Fsp3) is 0.571. The highest BCUT2D eigenvalue weighted by atomic mass is 35.5. The van der Waals surface area contributed by atoms with Crippen LogP contribution in [-0.2, 0) is 34.1 Å². The summed E-state index contributed by atoms with van der Waals surface area (Å²) in [5.74, 6) is 0.357. The highest BCUT2D eigenvalue weighted by Crippen LogP contribution is 2.41. The van der Waals surface area contributed by atoms with Crippen molar-refractivity contribution in [2.45, 2.75) is 74.1 Å². The van der Waals surface area contributed by atoms with E-state index in [0.29, 0.717) is 50.2 Å². The lowest BCUT2D eigenvalue weighted by Gasteiger charge is -2.27. The van der Waals surface area contributed by atoms with Gasteiger partial charge in [0.05, 0.1) is 4.90 Å². The van der Waals surface area contributed by atoms with Gasteiger partial charge in [-0.25, -0.2) is 17.9 Å². The van der Waals surface area contributed by atoms with Crippen LogP contribution in [0.1, 0.15) is 50.8 Å². The molecule has 8 nitrogen and oxygen atoms in total. The number of hydrogen-bond acceptors (Lipinski definition) is 5. The number of hydrogen-bond donors (Lipinski definition) is 1. The molecule has 2 heterocycles. The summed E-state index contributed by atoms with van der Waals surface area (Å²) in [6.07, 6.45) is 5.32. The van der Waals surface area contributed by atoms with Crippen LogP contribution in [0.5, 0.6) is 0 Å². The van der Waals surface area contributed by atoms with Gasteiger partial charge in [-0.05, 0) is 56.4 Å². The molecule has 1 aromatic heterocycles. The SMILES string of the molecule is O=C(NCCCn1nc2n(c1=O)CCCC2)C1(S(=O)(=O)c2ccc(Cl)cc2)CCCC1. The molecular formula is C21H27ClN4O4S. The molecular weight excluding hydrogens is 440 g/mol. The molecule has 0 radical (unpaired) electrons. The summed E-state index contributed by atoms with van der Waals surface area (Å²) >= 11 is 5.89. The number of amides is 1. The Morgan fingerprint density at radius 1 is 1.13 bits per heavy atom. The molecule has 4 rings (SSSR count). The highest BCUT2D eigenvalue weighted by Gasteiger charge is 2.52. The zero-order valence-corrected chi connectivity index (χ0v) is 18.9. The molecule has 1 aliphatic heterocycles. The minimum absolute atomic E-state index is 0.112. The quantitative estimate of drug-likeness (QED) is 0.631. The topological polar surface area (TPSA) is 103 Å². The Balaban J connectivity index is 1.42. The number of rotatable bonds is 7. The van der Waals surface area contributed by atoms with Gasteiger partial charge in [0, 0.05) is 31.1 Å². The Kier molecular flexibility index (Phi) is 6.25. The van der Waals surface area contributed by atoms with Crippen LogP contribution in [-0.4, -0.2) is 40.0 Å². The van der Waals surface area contributed by atoms with Crippen LogP contribution in [0.25, 0.3) is 0 Å². The molecule has 0 spiro atoms. The first-order chi connectivity index (χ1) is 14.8. The van der Waals surface area contributed by atoms with Gasteiger partial charge < -0.3 is 5.32 Å². The average Bonchev–Trinajstić information content (AvgIpc) is 3.38. The lowest BCUT2D eigenvalue weighted by molar-refractivity contribution is -0.123. The summed E-state index contributed by atoms with van der Waals surface area (Å²) in [6, 6.07) is 5.96. The van der Waals surface area contributed by atoms with Crippen LogP contribution >= 0.6 is 11.6 Å². The van der Waals surface area contributed by atoms with Crippen LogP contribution in [0, 0.1) is 0 Å². The van der Waals surface area contributed by atoms with Crippen molar-refractivity contribution in [3.63, 3.8) is 0 Å². The number of sulfone groups is 1. The summed E-state index contributed by atoms with van der Waals surface area (Å²) < 4.78 is 28.4. The van der Waals surface area contributed by atoms with Crippen molar-refractivity contribution in [1.82, 2.24) is 19.7 Å². The molecule has 0 atom stereocenters.